The number of carbonyl (C=O) groups excluding carboxylic acids is 2. The zero-order valence-electron chi connectivity index (χ0n) is 19.9. The highest BCUT2D eigenvalue weighted by Crippen LogP contribution is 2.54. The lowest BCUT2D eigenvalue weighted by Crippen LogP contribution is -2.27. The number of rotatable bonds is 4. The Balaban J connectivity index is 1.71. The highest BCUT2D eigenvalue weighted by molar-refractivity contribution is 6.04. The van der Waals surface area contributed by atoms with Crippen molar-refractivity contribution in [3.63, 3.8) is 0 Å². The molecule has 2 aliphatic heterocycles. The van der Waals surface area contributed by atoms with Crippen molar-refractivity contribution in [1.82, 2.24) is 0 Å². The van der Waals surface area contributed by atoms with Gasteiger partial charge in [0.15, 0.2) is 5.78 Å². The minimum Gasteiger partial charge on any atom is -0.508 e. The van der Waals surface area contributed by atoms with Gasteiger partial charge in [-0.25, -0.2) is 0 Å². The van der Waals surface area contributed by atoms with Crippen molar-refractivity contribution >= 4 is 11.8 Å². The molecular weight excluding hydrogens is 460 g/mol. The lowest BCUT2D eigenvalue weighted by molar-refractivity contribution is -0.135. The average Bonchev–Trinajstić information content (AvgIpc) is 2.83. The number of carbonyl (C=O) groups is 2. The minimum atomic E-state index is -0.624. The van der Waals surface area contributed by atoms with E-state index in [1.807, 2.05) is 19.9 Å². The van der Waals surface area contributed by atoms with Crippen LogP contribution < -0.4 is 9.47 Å². The fourth-order valence-corrected chi connectivity index (χ4v) is 4.83. The molecule has 0 aromatic heterocycles. The van der Waals surface area contributed by atoms with Gasteiger partial charge >= 0.3 is 5.97 Å². The van der Waals surface area contributed by atoms with Gasteiger partial charge in [0, 0.05) is 17.0 Å². The van der Waals surface area contributed by atoms with Gasteiger partial charge in [0.1, 0.15) is 40.4 Å². The molecule has 7 nitrogen and oxygen atoms in total. The van der Waals surface area contributed by atoms with Crippen molar-refractivity contribution in [2.75, 3.05) is 0 Å². The van der Waals surface area contributed by atoms with E-state index in [9.17, 15) is 24.9 Å². The Morgan fingerprint density at radius 3 is 2.11 bits per heavy atom. The Hall–Kier alpha value is -4.26. The van der Waals surface area contributed by atoms with Crippen LogP contribution in [-0.4, -0.2) is 27.1 Å². The molecule has 0 saturated heterocycles. The molecule has 0 fully saturated rings. The summed E-state index contributed by atoms with van der Waals surface area (Å²) in [6.07, 6.45) is 1.65. The molecule has 0 spiro atoms. The largest absolute Gasteiger partial charge is 0.508 e. The molecule has 0 bridgehead atoms. The van der Waals surface area contributed by atoms with E-state index in [4.69, 9.17) is 9.47 Å². The second-order valence-electron chi connectivity index (χ2n) is 9.41. The third-order valence-corrected chi connectivity index (χ3v) is 6.63. The second kappa shape index (κ2) is 9.07. The van der Waals surface area contributed by atoms with Crippen LogP contribution in [0.25, 0.3) is 0 Å². The SMILES string of the molecule is CC(C)=CCc1c2c(c(O)c3c1OC(=O)CC3c1ccc(O)cc1)C(=O)CC(c1ccc(O)cc1)O2. The number of ketones is 1. The van der Waals surface area contributed by atoms with Crippen LogP contribution in [0.2, 0.25) is 0 Å². The number of aromatic hydroxyl groups is 3. The van der Waals surface area contributed by atoms with Gasteiger partial charge in [-0.2, -0.15) is 0 Å². The maximum absolute atomic E-state index is 13.4. The van der Waals surface area contributed by atoms with E-state index >= 15 is 0 Å². The first-order valence-electron chi connectivity index (χ1n) is 11.8. The average molecular weight is 487 g/mol. The van der Waals surface area contributed by atoms with Gasteiger partial charge < -0.3 is 24.8 Å². The monoisotopic (exact) mass is 486 g/mol. The number of fused-ring (bicyclic) bond motifs is 2. The summed E-state index contributed by atoms with van der Waals surface area (Å²) in [6, 6.07) is 12.8. The molecule has 184 valence electrons. The summed E-state index contributed by atoms with van der Waals surface area (Å²) in [5.74, 6) is -0.954. The molecule has 3 N–H and O–H groups in total. The standard InChI is InChI=1S/C29H26O7/c1-15(2)3-12-20-28-25(21(13-24(33)36-28)16-4-8-18(30)9-5-16)27(34)26-22(32)14-23(35-29(20)26)17-6-10-19(31)11-7-17/h3-11,21,23,30-31,34H,12-14H2,1-2H3. The fourth-order valence-electron chi connectivity index (χ4n) is 4.83. The molecule has 0 aliphatic carbocycles. The van der Waals surface area contributed by atoms with E-state index in [1.54, 1.807) is 24.3 Å². The lowest BCUT2D eigenvalue weighted by atomic mass is 9.81. The van der Waals surface area contributed by atoms with Gasteiger partial charge in [-0.15, -0.1) is 0 Å². The van der Waals surface area contributed by atoms with Crippen molar-refractivity contribution in [2.24, 2.45) is 0 Å². The lowest BCUT2D eigenvalue weighted by Gasteiger charge is -2.33. The summed E-state index contributed by atoms with van der Waals surface area (Å²) < 4.78 is 12.0. The Bertz CT molecular complexity index is 1380. The molecule has 3 aromatic carbocycles. The van der Waals surface area contributed by atoms with E-state index in [2.05, 4.69) is 0 Å². The second-order valence-corrected chi connectivity index (χ2v) is 9.41. The summed E-state index contributed by atoms with van der Waals surface area (Å²) in [5.41, 5.74) is 3.42. The van der Waals surface area contributed by atoms with Crippen molar-refractivity contribution in [1.29, 1.82) is 0 Å². The maximum Gasteiger partial charge on any atom is 0.312 e. The Morgan fingerprint density at radius 2 is 1.50 bits per heavy atom. The Kier molecular flexibility index (Phi) is 5.92. The third kappa shape index (κ3) is 4.17. The van der Waals surface area contributed by atoms with E-state index in [0.29, 0.717) is 28.7 Å². The number of esters is 1. The van der Waals surface area contributed by atoms with Gasteiger partial charge in [-0.05, 0) is 55.7 Å². The first-order chi connectivity index (χ1) is 17.2. The first-order valence-corrected chi connectivity index (χ1v) is 11.8. The molecular formula is C29H26O7. The van der Waals surface area contributed by atoms with Crippen LogP contribution in [-0.2, 0) is 11.2 Å². The summed E-state index contributed by atoms with van der Waals surface area (Å²) >= 11 is 0. The van der Waals surface area contributed by atoms with Gasteiger partial charge in [-0.1, -0.05) is 35.9 Å². The van der Waals surface area contributed by atoms with Crippen LogP contribution in [0.5, 0.6) is 28.7 Å². The van der Waals surface area contributed by atoms with Gasteiger partial charge in [0.05, 0.1) is 12.8 Å². The molecule has 2 aliphatic rings. The predicted molar refractivity (Wildman–Crippen MR) is 132 cm³/mol. The Morgan fingerprint density at radius 1 is 0.889 bits per heavy atom. The van der Waals surface area contributed by atoms with Crippen LogP contribution in [0, 0.1) is 0 Å². The third-order valence-electron chi connectivity index (χ3n) is 6.63. The van der Waals surface area contributed by atoms with Crippen LogP contribution >= 0.6 is 0 Å². The summed E-state index contributed by atoms with van der Waals surface area (Å²) in [5, 5.41) is 30.8. The molecule has 2 atom stereocenters. The number of Topliss-reactive ketones (excluding diaryl/α,β-unsaturated/α-hetero) is 1. The van der Waals surface area contributed by atoms with Crippen LogP contribution in [0.1, 0.15) is 71.3 Å². The maximum atomic E-state index is 13.4. The van der Waals surface area contributed by atoms with Crippen molar-refractivity contribution in [3.05, 3.63) is 88.0 Å². The van der Waals surface area contributed by atoms with Gasteiger partial charge in [0.2, 0.25) is 0 Å². The molecule has 0 saturated carbocycles. The van der Waals surface area contributed by atoms with E-state index < -0.39 is 18.0 Å². The molecule has 36 heavy (non-hydrogen) atoms. The zero-order chi connectivity index (χ0) is 25.6. The smallest absolute Gasteiger partial charge is 0.312 e. The zero-order valence-corrected chi connectivity index (χ0v) is 19.9. The van der Waals surface area contributed by atoms with Crippen molar-refractivity contribution in [3.8, 4) is 28.7 Å². The normalized spacial score (nSPS) is 18.5. The van der Waals surface area contributed by atoms with E-state index in [1.165, 1.54) is 24.3 Å². The number of ether oxygens (including phenoxy) is 2. The number of phenolic OH excluding ortho intramolecular Hbond substituents is 3. The number of benzene rings is 3. The van der Waals surface area contributed by atoms with Crippen LogP contribution in [0.4, 0.5) is 0 Å². The molecule has 0 radical (unpaired) electrons. The summed E-state index contributed by atoms with van der Waals surface area (Å²) in [6.45, 7) is 3.88. The van der Waals surface area contributed by atoms with E-state index in [0.717, 1.165) is 5.57 Å². The molecule has 3 aromatic rings. The molecule has 5 rings (SSSR count). The molecule has 0 amide bonds. The van der Waals surface area contributed by atoms with Crippen molar-refractivity contribution < 1.29 is 34.4 Å². The molecule has 2 unspecified atom stereocenters. The quantitative estimate of drug-likeness (QED) is 0.255. The first kappa shape index (κ1) is 23.5. The number of hydrogen-bond donors (Lipinski definition) is 3. The number of allylic oxidation sites excluding steroid dienone is 2. The highest BCUT2D eigenvalue weighted by Gasteiger charge is 2.41. The summed E-state index contributed by atoms with van der Waals surface area (Å²) in [4.78, 5) is 26.2. The molecule has 2 heterocycles. The van der Waals surface area contributed by atoms with Gasteiger partial charge in [-0.3, -0.25) is 9.59 Å². The van der Waals surface area contributed by atoms with E-state index in [-0.39, 0.29) is 52.9 Å². The molecule has 7 heteroatoms. The Labute approximate surface area is 208 Å². The number of phenols is 3. The van der Waals surface area contributed by atoms with Gasteiger partial charge in [0.25, 0.3) is 0 Å². The topological polar surface area (TPSA) is 113 Å². The van der Waals surface area contributed by atoms with Crippen molar-refractivity contribution in [2.45, 2.75) is 45.1 Å². The summed E-state index contributed by atoms with van der Waals surface area (Å²) in [7, 11) is 0. The highest BCUT2D eigenvalue weighted by atomic mass is 16.5. The fraction of sp³-hybridized carbons (Fsp3) is 0.241. The number of hydrogen-bond acceptors (Lipinski definition) is 7. The predicted octanol–water partition coefficient (Wildman–Crippen LogP) is 5.46. The van der Waals surface area contributed by atoms with Crippen LogP contribution in [0.15, 0.2) is 60.2 Å². The minimum absolute atomic E-state index is 0.00979. The van der Waals surface area contributed by atoms with Crippen LogP contribution in [0.3, 0.4) is 0 Å².